The fraction of sp³-hybridized carbons (Fsp3) is 0.143. The summed E-state index contributed by atoms with van der Waals surface area (Å²) in [6, 6.07) is 12.2. The summed E-state index contributed by atoms with van der Waals surface area (Å²) in [6.07, 6.45) is 0. The third-order valence-electron chi connectivity index (χ3n) is 1.85. The van der Waals surface area contributed by atoms with Gasteiger partial charge in [0.05, 0.1) is 2.74 Å². The maximum Gasteiger partial charge on any atom is 0.0623 e. The number of nitrogens with one attached hydrogen (secondary N) is 1. The monoisotopic (exact) mass is 203 g/mol. The van der Waals surface area contributed by atoms with Crippen LogP contribution in [0.1, 0.15) is 19.4 Å². The van der Waals surface area contributed by atoms with Crippen molar-refractivity contribution in [1.29, 1.82) is 0 Å². The topological polar surface area (TPSA) is 12.0 Å². The lowest BCUT2D eigenvalue weighted by Crippen LogP contribution is -2.12. The Balaban J connectivity index is 2.25. The predicted octanol–water partition coefficient (Wildman–Crippen LogP) is 2.98. The zero-order valence-electron chi connectivity index (χ0n) is 14.1. The van der Waals surface area contributed by atoms with E-state index in [1.165, 1.54) is 48.5 Å². The summed E-state index contributed by atoms with van der Waals surface area (Å²) in [7, 11) is 0. The lowest BCUT2D eigenvalue weighted by Gasteiger charge is -2.04. The van der Waals surface area contributed by atoms with E-state index in [2.05, 4.69) is 5.32 Å². The molecule has 2 rings (SSSR count). The molecule has 0 bridgehead atoms. The smallest absolute Gasteiger partial charge is 0.0623 e. The normalized spacial score (nSPS) is 17.9. The van der Waals surface area contributed by atoms with Crippen LogP contribution in [0.3, 0.4) is 0 Å². The van der Waals surface area contributed by atoms with Crippen LogP contribution in [-0.4, -0.2) is 0 Å². The number of rotatable bonds is 4. The van der Waals surface area contributed by atoms with Crippen LogP contribution >= 0.6 is 0 Å². The number of hydrogen-bond acceptors (Lipinski definition) is 1. The zero-order chi connectivity index (χ0) is 15.7. The van der Waals surface area contributed by atoms with Gasteiger partial charge in [0, 0.05) is 18.5 Å². The molecule has 15 heavy (non-hydrogen) atoms. The van der Waals surface area contributed by atoms with Gasteiger partial charge in [0.15, 0.2) is 0 Å². The van der Waals surface area contributed by atoms with Crippen molar-refractivity contribution in [3.05, 3.63) is 71.7 Å². The van der Waals surface area contributed by atoms with Crippen LogP contribution in [-0.2, 0) is 13.0 Å². The van der Waals surface area contributed by atoms with Gasteiger partial charge in [-0.05, 0) is 11.1 Å². The number of hydrogen-bond donors (Lipinski definition) is 1. The summed E-state index contributed by atoms with van der Waals surface area (Å²) in [5.74, 6) is 0. The first-order chi connectivity index (χ1) is 9.71. The third kappa shape index (κ3) is 3.22. The molecule has 0 aliphatic carbocycles. The summed E-state index contributed by atoms with van der Waals surface area (Å²) in [4.78, 5) is 0. The Kier molecular flexibility index (Phi) is 1.76. The second kappa shape index (κ2) is 5.32. The Bertz CT molecular complexity index is 551. The fourth-order valence-corrected chi connectivity index (χ4v) is 1.12. The first-order valence-electron chi connectivity index (χ1n) is 7.64. The van der Waals surface area contributed by atoms with Crippen molar-refractivity contribution in [2.75, 3.05) is 0 Å². The highest BCUT2D eigenvalue weighted by Gasteiger charge is 1.92. The minimum absolute atomic E-state index is 0.250. The molecule has 2 aromatic carbocycles. The van der Waals surface area contributed by atoms with Gasteiger partial charge in [0.25, 0.3) is 0 Å². The van der Waals surface area contributed by atoms with Crippen molar-refractivity contribution in [2.24, 2.45) is 0 Å². The van der Waals surface area contributed by atoms with E-state index >= 15 is 0 Å². The highest BCUT2D eigenvalue weighted by atomic mass is 14.8. The molecular formula is C14H15N. The van der Waals surface area contributed by atoms with E-state index < -0.39 is 13.0 Å². The van der Waals surface area contributed by atoms with E-state index in [0.717, 1.165) is 0 Å². The summed E-state index contributed by atoms with van der Waals surface area (Å²) in [5, 5.41) is 2.35. The van der Waals surface area contributed by atoms with Crippen molar-refractivity contribution in [3.63, 3.8) is 0 Å². The first-order valence-corrected chi connectivity index (χ1v) is 4.64. The lowest BCUT2D eigenvalue weighted by atomic mass is 10.2. The molecule has 0 radical (unpaired) electrons. The molecule has 2 aromatic rings. The summed E-state index contributed by atoms with van der Waals surface area (Å²) in [6.45, 7) is -4.17. The molecule has 0 spiro atoms. The summed E-state index contributed by atoms with van der Waals surface area (Å²) < 4.78 is 46.8. The van der Waals surface area contributed by atoms with E-state index in [-0.39, 0.29) is 23.2 Å². The fourth-order valence-electron chi connectivity index (χ4n) is 1.12. The molecule has 0 unspecified atom stereocenters. The van der Waals surface area contributed by atoms with Crippen molar-refractivity contribution in [1.82, 2.24) is 5.32 Å². The SMILES string of the molecule is [2H]c1ccc(C([2H])([2H])NC([2H])([2H])c2ccc([2H])cc2)cc1. The molecule has 1 N–H and O–H groups in total. The summed E-state index contributed by atoms with van der Waals surface area (Å²) >= 11 is 0. The molecule has 0 aliphatic rings. The van der Waals surface area contributed by atoms with Gasteiger partial charge in [-0.1, -0.05) is 60.6 Å². The van der Waals surface area contributed by atoms with Crippen LogP contribution in [0.5, 0.6) is 0 Å². The zero-order valence-corrected chi connectivity index (χ0v) is 8.12. The Morgan fingerprint density at radius 1 is 0.867 bits per heavy atom. The van der Waals surface area contributed by atoms with Crippen molar-refractivity contribution >= 4 is 0 Å². The van der Waals surface area contributed by atoms with Gasteiger partial charge in [-0.25, -0.2) is 0 Å². The summed E-state index contributed by atoms with van der Waals surface area (Å²) in [5.41, 5.74) is 0.499. The molecule has 0 amide bonds. The quantitative estimate of drug-likeness (QED) is 0.805. The Hall–Kier alpha value is -1.60. The van der Waals surface area contributed by atoms with Gasteiger partial charge >= 0.3 is 0 Å². The molecule has 0 saturated carbocycles. The first kappa shape index (κ1) is 4.95. The average Bonchev–Trinajstić information content (AvgIpc) is 2.38. The highest BCUT2D eigenvalue weighted by molar-refractivity contribution is 5.16. The van der Waals surface area contributed by atoms with Gasteiger partial charge in [-0.3, -0.25) is 0 Å². The largest absolute Gasteiger partial charge is 0.309 e. The standard InChI is InChI=1S/C14H15N/c1-3-7-13(8-4-1)11-15-12-14-9-5-2-6-10-14/h1-10,15H,11-12H2/i1D,2D,11D2,12D2. The molecule has 0 atom stereocenters. The average molecular weight is 203 g/mol. The minimum atomic E-state index is -2.09. The second-order valence-corrected chi connectivity index (χ2v) is 2.95. The van der Waals surface area contributed by atoms with E-state index in [1.807, 2.05) is 0 Å². The molecule has 0 saturated heterocycles. The van der Waals surface area contributed by atoms with E-state index in [9.17, 15) is 0 Å². The van der Waals surface area contributed by atoms with Gasteiger partial charge in [-0.2, -0.15) is 0 Å². The van der Waals surface area contributed by atoms with Gasteiger partial charge in [0.1, 0.15) is 0 Å². The van der Waals surface area contributed by atoms with Crippen molar-refractivity contribution < 1.29 is 8.22 Å². The van der Waals surface area contributed by atoms with E-state index in [0.29, 0.717) is 0 Å². The Morgan fingerprint density at radius 3 is 1.67 bits per heavy atom. The minimum Gasteiger partial charge on any atom is -0.309 e. The molecule has 0 aromatic heterocycles. The number of benzene rings is 2. The Morgan fingerprint density at radius 2 is 1.27 bits per heavy atom. The lowest BCUT2D eigenvalue weighted by molar-refractivity contribution is 0.693. The molecule has 0 fully saturated rings. The third-order valence-corrected chi connectivity index (χ3v) is 1.85. The van der Waals surface area contributed by atoms with Crippen LogP contribution in [0.15, 0.2) is 60.6 Å². The maximum absolute atomic E-state index is 8.00. The molecule has 76 valence electrons. The molecule has 1 nitrogen and oxygen atoms in total. The van der Waals surface area contributed by atoms with E-state index in [1.54, 1.807) is 0 Å². The highest BCUT2D eigenvalue weighted by Crippen LogP contribution is 2.00. The van der Waals surface area contributed by atoms with Gasteiger partial charge in [-0.15, -0.1) is 0 Å². The maximum atomic E-state index is 8.00. The Labute approximate surface area is 99.2 Å². The molecular weight excluding hydrogens is 182 g/mol. The van der Waals surface area contributed by atoms with Crippen LogP contribution in [0, 0.1) is 0 Å². The predicted molar refractivity (Wildman–Crippen MR) is 63.4 cm³/mol. The van der Waals surface area contributed by atoms with Crippen LogP contribution in [0.2, 0.25) is 0 Å². The van der Waals surface area contributed by atoms with Crippen molar-refractivity contribution in [3.8, 4) is 0 Å². The van der Waals surface area contributed by atoms with Crippen LogP contribution in [0.25, 0.3) is 0 Å². The molecule has 0 aliphatic heterocycles. The van der Waals surface area contributed by atoms with Crippen molar-refractivity contribution in [2.45, 2.75) is 13.0 Å². The van der Waals surface area contributed by atoms with Gasteiger partial charge < -0.3 is 5.32 Å². The molecule has 1 heteroatoms. The van der Waals surface area contributed by atoms with Gasteiger partial charge in [0.2, 0.25) is 0 Å². The second-order valence-electron chi connectivity index (χ2n) is 2.95. The van der Waals surface area contributed by atoms with Crippen LogP contribution in [0.4, 0.5) is 0 Å². The molecule has 0 heterocycles. The van der Waals surface area contributed by atoms with Crippen LogP contribution < -0.4 is 5.32 Å². The van der Waals surface area contributed by atoms with E-state index in [4.69, 9.17) is 8.22 Å².